The molecule has 2 aromatic rings. The van der Waals surface area contributed by atoms with E-state index in [1.54, 1.807) is 14.0 Å². The van der Waals surface area contributed by atoms with Crippen LogP contribution in [0.5, 0.6) is 0 Å². The van der Waals surface area contributed by atoms with Gasteiger partial charge in [-0.1, -0.05) is 60.7 Å². The lowest BCUT2D eigenvalue weighted by Gasteiger charge is -2.51. The molecule has 2 heterocycles. The van der Waals surface area contributed by atoms with Crippen LogP contribution in [0.1, 0.15) is 30.9 Å². The summed E-state index contributed by atoms with van der Waals surface area (Å²) in [6.45, 7) is 3.70. The number of hydrogen-bond acceptors (Lipinski definition) is 6. The maximum atomic E-state index is 13.5. The lowest BCUT2D eigenvalue weighted by Crippen LogP contribution is -2.72. The van der Waals surface area contributed by atoms with Gasteiger partial charge in [0.05, 0.1) is 12.6 Å². The van der Waals surface area contributed by atoms with Crippen LogP contribution in [0, 0.1) is 0 Å². The van der Waals surface area contributed by atoms with Crippen molar-refractivity contribution in [3.63, 3.8) is 0 Å². The summed E-state index contributed by atoms with van der Waals surface area (Å²) >= 11 is 0. The normalized spacial score (nSPS) is 24.0. The molecular formula is C27H36N4O4. The number of carbonyl (C=O) groups is 2. The molecule has 8 heteroatoms. The first kappa shape index (κ1) is 25.3. The number of hydroxylamine groups is 2. The van der Waals surface area contributed by atoms with Crippen LogP contribution in [0.15, 0.2) is 60.7 Å². The topological polar surface area (TPSA) is 85.4 Å². The van der Waals surface area contributed by atoms with Gasteiger partial charge >= 0.3 is 0 Å². The number of rotatable bonds is 10. The van der Waals surface area contributed by atoms with Crippen LogP contribution in [-0.2, 0) is 27.6 Å². The molecule has 1 spiro atoms. The minimum Gasteiger partial charge on any atom is -0.391 e. The van der Waals surface area contributed by atoms with Gasteiger partial charge < -0.3 is 10.4 Å². The monoisotopic (exact) mass is 480 g/mol. The van der Waals surface area contributed by atoms with E-state index < -0.39 is 17.7 Å². The summed E-state index contributed by atoms with van der Waals surface area (Å²) < 4.78 is 0. The number of benzene rings is 2. The molecule has 0 saturated carbocycles. The smallest absolute Gasteiger partial charge is 0.268 e. The number of hydrogen-bond donors (Lipinski definition) is 2. The van der Waals surface area contributed by atoms with Gasteiger partial charge in [0.25, 0.3) is 5.91 Å². The standard InChI is InChI=1S/C27H36N4O4/c1-20(32)24(25(33)28-2)29(3)17-23-14-15-27(30(23)16-21-10-6-4-7-11-21)19-31(26(27)34)35-18-22-12-8-5-9-13-22/h4-13,20,23-24,32H,14-19H2,1-3H3,(H,28,33)/t20-,23?,24+,27?/m1/s1. The van der Waals surface area contributed by atoms with Gasteiger partial charge in [-0.15, -0.1) is 0 Å². The van der Waals surface area contributed by atoms with E-state index in [1.165, 1.54) is 5.06 Å². The summed E-state index contributed by atoms with van der Waals surface area (Å²) in [6, 6.07) is 19.4. The molecule has 2 fully saturated rings. The minimum absolute atomic E-state index is 0.00658. The van der Waals surface area contributed by atoms with Gasteiger partial charge in [0, 0.05) is 26.2 Å². The van der Waals surface area contributed by atoms with Crippen molar-refractivity contribution >= 4 is 11.8 Å². The molecule has 8 nitrogen and oxygen atoms in total. The van der Waals surface area contributed by atoms with E-state index in [-0.39, 0.29) is 17.9 Å². The maximum Gasteiger partial charge on any atom is 0.268 e. The number of likely N-dealkylation sites (tertiary alicyclic amines) is 1. The largest absolute Gasteiger partial charge is 0.391 e. The van der Waals surface area contributed by atoms with Crippen LogP contribution >= 0.6 is 0 Å². The van der Waals surface area contributed by atoms with E-state index in [4.69, 9.17) is 4.84 Å². The zero-order valence-electron chi connectivity index (χ0n) is 20.8. The Morgan fingerprint density at radius 3 is 2.37 bits per heavy atom. The zero-order chi connectivity index (χ0) is 25.0. The Balaban J connectivity index is 1.49. The van der Waals surface area contributed by atoms with Crippen LogP contribution in [0.4, 0.5) is 0 Å². The molecular weight excluding hydrogens is 444 g/mol. The molecule has 35 heavy (non-hydrogen) atoms. The van der Waals surface area contributed by atoms with Crippen molar-refractivity contribution in [3.05, 3.63) is 71.8 Å². The van der Waals surface area contributed by atoms with Gasteiger partial charge in [0.15, 0.2) is 0 Å². The predicted octanol–water partition coefficient (Wildman–Crippen LogP) is 1.79. The number of nitrogens with one attached hydrogen (secondary N) is 1. The minimum atomic E-state index is -0.815. The molecule has 0 aliphatic carbocycles. The number of β-lactam (4-membered cyclic amide) rings is 1. The Morgan fingerprint density at radius 2 is 1.80 bits per heavy atom. The first-order valence-electron chi connectivity index (χ1n) is 12.2. The van der Waals surface area contributed by atoms with Crippen molar-refractivity contribution in [2.45, 2.75) is 56.6 Å². The number of aliphatic hydroxyl groups excluding tert-OH is 1. The van der Waals surface area contributed by atoms with Crippen LogP contribution < -0.4 is 5.32 Å². The molecule has 2 aliphatic rings. The Hall–Kier alpha value is -2.78. The highest BCUT2D eigenvalue weighted by molar-refractivity contribution is 5.92. The molecule has 2 amide bonds. The van der Waals surface area contributed by atoms with Gasteiger partial charge in [0.1, 0.15) is 18.2 Å². The SMILES string of the molecule is CNC(=O)[C@H]([C@@H](C)O)N(C)CC1CCC2(CN(OCc3ccccc3)C2=O)N1Cc1ccccc1. The summed E-state index contributed by atoms with van der Waals surface area (Å²) in [5, 5.41) is 14.4. The first-order chi connectivity index (χ1) is 16.9. The van der Waals surface area contributed by atoms with Crippen molar-refractivity contribution in [1.82, 2.24) is 20.2 Å². The molecule has 2 aliphatic heterocycles. The number of nitrogens with zero attached hydrogens (tertiary/aromatic N) is 3. The third kappa shape index (κ3) is 5.26. The summed E-state index contributed by atoms with van der Waals surface area (Å²) in [6.07, 6.45) is 0.752. The number of amides is 2. The highest BCUT2D eigenvalue weighted by atomic mass is 16.7. The highest BCUT2D eigenvalue weighted by Crippen LogP contribution is 2.43. The zero-order valence-corrected chi connectivity index (χ0v) is 20.8. The van der Waals surface area contributed by atoms with E-state index in [2.05, 4.69) is 22.3 Å². The molecule has 0 aromatic heterocycles. The Bertz CT molecular complexity index is 1000. The molecule has 2 N–H and O–H groups in total. The summed E-state index contributed by atoms with van der Waals surface area (Å²) in [5.41, 5.74) is 1.55. The van der Waals surface area contributed by atoms with Crippen molar-refractivity contribution in [3.8, 4) is 0 Å². The van der Waals surface area contributed by atoms with E-state index in [0.29, 0.717) is 26.2 Å². The lowest BCUT2D eigenvalue weighted by atomic mass is 9.87. The van der Waals surface area contributed by atoms with Crippen molar-refractivity contribution in [2.24, 2.45) is 0 Å². The second-order valence-electron chi connectivity index (χ2n) is 9.68. The molecule has 4 atom stereocenters. The van der Waals surface area contributed by atoms with Crippen molar-refractivity contribution in [1.29, 1.82) is 0 Å². The number of carbonyl (C=O) groups excluding carboxylic acids is 2. The van der Waals surface area contributed by atoms with Gasteiger partial charge in [-0.3, -0.25) is 24.2 Å². The third-order valence-corrected chi connectivity index (χ3v) is 7.28. The van der Waals surface area contributed by atoms with Crippen molar-refractivity contribution in [2.75, 3.05) is 27.2 Å². The Labute approximate surface area is 207 Å². The molecule has 0 radical (unpaired) electrons. The lowest BCUT2D eigenvalue weighted by molar-refractivity contribution is -0.244. The van der Waals surface area contributed by atoms with Gasteiger partial charge in [-0.05, 0) is 37.9 Å². The predicted molar refractivity (Wildman–Crippen MR) is 133 cm³/mol. The van der Waals surface area contributed by atoms with Crippen LogP contribution in [0.3, 0.4) is 0 Å². The fourth-order valence-corrected chi connectivity index (χ4v) is 5.43. The van der Waals surface area contributed by atoms with Gasteiger partial charge in [-0.25, -0.2) is 5.06 Å². The molecule has 188 valence electrons. The maximum absolute atomic E-state index is 13.5. The fourth-order valence-electron chi connectivity index (χ4n) is 5.43. The Kier molecular flexibility index (Phi) is 7.86. The average Bonchev–Trinajstić information content (AvgIpc) is 3.21. The van der Waals surface area contributed by atoms with E-state index >= 15 is 0 Å². The second kappa shape index (κ2) is 10.9. The molecule has 0 bridgehead atoms. The molecule has 2 unspecified atom stereocenters. The third-order valence-electron chi connectivity index (χ3n) is 7.28. The summed E-state index contributed by atoms with van der Waals surface area (Å²) in [7, 11) is 3.44. The summed E-state index contributed by atoms with van der Waals surface area (Å²) in [4.78, 5) is 35.9. The quantitative estimate of drug-likeness (QED) is 0.505. The fraction of sp³-hybridized carbons (Fsp3) is 0.481. The van der Waals surface area contributed by atoms with E-state index in [9.17, 15) is 14.7 Å². The van der Waals surface area contributed by atoms with E-state index in [1.807, 2.05) is 60.5 Å². The van der Waals surface area contributed by atoms with Crippen LogP contribution in [-0.4, -0.2) is 82.7 Å². The first-order valence-corrected chi connectivity index (χ1v) is 12.2. The van der Waals surface area contributed by atoms with Crippen molar-refractivity contribution < 1.29 is 19.5 Å². The molecule has 4 rings (SSSR count). The average molecular weight is 481 g/mol. The summed E-state index contributed by atoms with van der Waals surface area (Å²) in [5.74, 6) is -0.224. The van der Waals surface area contributed by atoms with Gasteiger partial charge in [0.2, 0.25) is 5.91 Å². The molecule has 2 aromatic carbocycles. The number of aliphatic hydroxyl groups is 1. The van der Waals surface area contributed by atoms with Gasteiger partial charge in [-0.2, -0.15) is 0 Å². The van der Waals surface area contributed by atoms with Crippen LogP contribution in [0.2, 0.25) is 0 Å². The second-order valence-corrected chi connectivity index (χ2v) is 9.68. The van der Waals surface area contributed by atoms with E-state index in [0.717, 1.165) is 24.0 Å². The highest BCUT2D eigenvalue weighted by Gasteiger charge is 2.61. The molecule has 2 saturated heterocycles. The Morgan fingerprint density at radius 1 is 1.17 bits per heavy atom. The number of likely N-dealkylation sites (N-methyl/N-ethyl adjacent to an activating group) is 2. The van der Waals surface area contributed by atoms with Crippen LogP contribution in [0.25, 0.3) is 0 Å².